The van der Waals surface area contributed by atoms with Crippen molar-refractivity contribution in [3.8, 4) is 11.3 Å². The van der Waals surface area contributed by atoms with Crippen LogP contribution in [0.1, 0.15) is 33.3 Å². The highest BCUT2D eigenvalue weighted by Gasteiger charge is 2.42. The highest BCUT2D eigenvalue weighted by molar-refractivity contribution is 7.14. The number of aromatic nitrogens is 1. The first-order valence-corrected chi connectivity index (χ1v) is 9.62. The summed E-state index contributed by atoms with van der Waals surface area (Å²) in [6, 6.07) is 5.82. The van der Waals surface area contributed by atoms with Gasteiger partial charge in [-0.15, -0.1) is 11.3 Å². The molecule has 1 aromatic heterocycles. The minimum absolute atomic E-state index is 0.0927. The van der Waals surface area contributed by atoms with E-state index in [-0.39, 0.29) is 11.9 Å². The monoisotopic (exact) mass is 372 g/mol. The smallest absolute Gasteiger partial charge is 0.323 e. The van der Waals surface area contributed by atoms with Crippen LogP contribution in [0.5, 0.6) is 0 Å². The summed E-state index contributed by atoms with van der Waals surface area (Å²) in [5, 5.41) is 5.35. The van der Waals surface area contributed by atoms with E-state index in [1.54, 1.807) is 16.8 Å². The van der Waals surface area contributed by atoms with Gasteiger partial charge < -0.3 is 9.80 Å². The Balaban J connectivity index is 1.86. The van der Waals surface area contributed by atoms with E-state index < -0.39 is 5.41 Å². The molecule has 0 radical (unpaired) electrons. The first-order chi connectivity index (χ1) is 12.3. The molecule has 0 spiro atoms. The zero-order valence-electron chi connectivity index (χ0n) is 15.8. The number of rotatable bonds is 4. The van der Waals surface area contributed by atoms with Gasteiger partial charge >= 0.3 is 6.03 Å². The average molecular weight is 372 g/mol. The lowest BCUT2D eigenvalue weighted by Gasteiger charge is -2.17. The maximum absolute atomic E-state index is 12.4. The minimum Gasteiger partial charge on any atom is -0.325 e. The molecular formula is C19H24N4O2S. The van der Waals surface area contributed by atoms with E-state index in [1.807, 2.05) is 51.3 Å². The molecule has 6 nitrogen and oxygen atoms in total. The Kier molecular flexibility index (Phi) is 4.75. The molecule has 1 N–H and O–H groups in total. The second-order valence-electron chi connectivity index (χ2n) is 6.86. The van der Waals surface area contributed by atoms with Gasteiger partial charge in [-0.3, -0.25) is 10.1 Å². The largest absolute Gasteiger partial charge is 0.325 e. The van der Waals surface area contributed by atoms with Gasteiger partial charge in [0.05, 0.1) is 11.1 Å². The lowest BCUT2D eigenvalue weighted by atomic mass is 9.85. The molecule has 0 bridgehead atoms. The number of carbonyl (C=O) groups excluding carboxylic acids is 2. The average Bonchev–Trinajstić information content (AvgIpc) is 3.14. The minimum atomic E-state index is -0.546. The summed E-state index contributed by atoms with van der Waals surface area (Å²) < 4.78 is 0. The molecule has 3 amide bonds. The summed E-state index contributed by atoms with van der Waals surface area (Å²) in [5.41, 5.74) is 3.14. The quantitative estimate of drug-likeness (QED) is 0.884. The van der Waals surface area contributed by atoms with Crippen LogP contribution in [0.25, 0.3) is 11.3 Å². The zero-order chi connectivity index (χ0) is 19.1. The van der Waals surface area contributed by atoms with Crippen molar-refractivity contribution in [3.05, 3.63) is 29.1 Å². The van der Waals surface area contributed by atoms with Gasteiger partial charge in [-0.1, -0.05) is 6.07 Å². The van der Waals surface area contributed by atoms with Crippen LogP contribution < -0.4 is 10.2 Å². The number of hydrogen-bond acceptors (Lipinski definition) is 4. The van der Waals surface area contributed by atoms with Crippen LogP contribution in [0.2, 0.25) is 0 Å². The van der Waals surface area contributed by atoms with Crippen LogP contribution in [0.15, 0.2) is 23.6 Å². The van der Waals surface area contributed by atoms with Gasteiger partial charge in [0.2, 0.25) is 5.91 Å². The fraction of sp³-hybridized carbons (Fsp3) is 0.421. The Labute approximate surface area is 157 Å². The van der Waals surface area contributed by atoms with E-state index in [0.29, 0.717) is 18.2 Å². The number of urea groups is 1. The van der Waals surface area contributed by atoms with Crippen molar-refractivity contribution < 1.29 is 9.59 Å². The number of amides is 3. The van der Waals surface area contributed by atoms with Crippen molar-refractivity contribution in [3.63, 3.8) is 0 Å². The predicted octanol–water partition coefficient (Wildman–Crippen LogP) is 3.94. The normalized spacial score (nSPS) is 15.1. The van der Waals surface area contributed by atoms with Gasteiger partial charge in [-0.2, -0.15) is 0 Å². The summed E-state index contributed by atoms with van der Waals surface area (Å²) in [7, 11) is 1.80. The molecule has 138 valence electrons. The van der Waals surface area contributed by atoms with Crippen molar-refractivity contribution in [2.24, 2.45) is 0 Å². The lowest BCUT2D eigenvalue weighted by Crippen LogP contribution is -2.34. The van der Waals surface area contributed by atoms with Crippen molar-refractivity contribution >= 4 is 34.1 Å². The van der Waals surface area contributed by atoms with Crippen molar-refractivity contribution in [2.75, 3.05) is 30.4 Å². The third-order valence-corrected chi connectivity index (χ3v) is 5.69. The number of anilines is 2. The summed E-state index contributed by atoms with van der Waals surface area (Å²) in [6.07, 6.45) is 0. The Bertz CT molecular complexity index is 855. The van der Waals surface area contributed by atoms with Crippen LogP contribution in [0.3, 0.4) is 0 Å². The molecule has 0 saturated carbocycles. The predicted molar refractivity (Wildman–Crippen MR) is 106 cm³/mol. The highest BCUT2D eigenvalue weighted by atomic mass is 32.1. The second kappa shape index (κ2) is 6.72. The van der Waals surface area contributed by atoms with Crippen molar-refractivity contribution in [1.29, 1.82) is 0 Å². The third kappa shape index (κ3) is 2.96. The molecule has 0 fully saturated rings. The molecule has 1 aliphatic rings. The number of fused-ring (bicyclic) bond motifs is 1. The van der Waals surface area contributed by atoms with Crippen LogP contribution in [-0.2, 0) is 10.2 Å². The van der Waals surface area contributed by atoms with Crippen molar-refractivity contribution in [1.82, 2.24) is 9.88 Å². The summed E-state index contributed by atoms with van der Waals surface area (Å²) in [6.45, 7) is 9.09. The van der Waals surface area contributed by atoms with Crippen LogP contribution in [0.4, 0.5) is 15.6 Å². The molecule has 1 aliphatic heterocycles. The van der Waals surface area contributed by atoms with E-state index in [4.69, 9.17) is 0 Å². The molecular weight excluding hydrogens is 348 g/mol. The number of hydrogen-bond donors (Lipinski definition) is 1. The van der Waals surface area contributed by atoms with Crippen molar-refractivity contribution in [2.45, 2.75) is 33.1 Å². The Morgan fingerprint density at radius 1 is 1.31 bits per heavy atom. The van der Waals surface area contributed by atoms with Gasteiger partial charge in [-0.05, 0) is 45.4 Å². The summed E-state index contributed by atoms with van der Waals surface area (Å²) in [5.74, 6) is 0.0927. The number of nitrogens with one attached hydrogen (secondary N) is 1. The van der Waals surface area contributed by atoms with Gasteiger partial charge in [-0.25, -0.2) is 9.78 Å². The molecule has 3 rings (SSSR count). The number of likely N-dealkylation sites (N-methyl/N-ethyl adjacent to an activating group) is 1. The molecule has 0 unspecified atom stereocenters. The van der Waals surface area contributed by atoms with Gasteiger partial charge in [0.25, 0.3) is 0 Å². The fourth-order valence-electron chi connectivity index (χ4n) is 3.28. The lowest BCUT2D eigenvalue weighted by molar-refractivity contribution is -0.121. The third-order valence-electron chi connectivity index (χ3n) is 4.94. The summed E-state index contributed by atoms with van der Waals surface area (Å²) >= 11 is 1.40. The van der Waals surface area contributed by atoms with Crippen LogP contribution in [-0.4, -0.2) is 42.0 Å². The van der Waals surface area contributed by atoms with Gasteiger partial charge in [0, 0.05) is 36.8 Å². The number of benzene rings is 1. The number of nitrogens with zero attached hydrogens (tertiary/aromatic N) is 3. The Hall–Kier alpha value is -2.41. The fourth-order valence-corrected chi connectivity index (χ4v) is 3.99. The molecule has 2 heterocycles. The van der Waals surface area contributed by atoms with E-state index >= 15 is 0 Å². The van der Waals surface area contributed by atoms with Crippen LogP contribution in [0, 0.1) is 0 Å². The second-order valence-corrected chi connectivity index (χ2v) is 7.72. The molecule has 0 atom stereocenters. The number of thiazole rings is 1. The first-order valence-electron chi connectivity index (χ1n) is 8.74. The molecule has 2 aromatic rings. The molecule has 1 aromatic carbocycles. The zero-order valence-corrected chi connectivity index (χ0v) is 16.6. The van der Waals surface area contributed by atoms with E-state index in [2.05, 4.69) is 10.3 Å². The molecule has 0 saturated heterocycles. The maximum atomic E-state index is 12.4. The maximum Gasteiger partial charge on any atom is 0.323 e. The molecule has 26 heavy (non-hydrogen) atoms. The SMILES string of the molecule is CCN(CC)C(=O)Nc1nc(-c2ccc3c(c2)C(C)(C)C(=O)N3C)cs1. The molecule has 0 aliphatic carbocycles. The van der Waals surface area contributed by atoms with E-state index in [0.717, 1.165) is 22.5 Å². The van der Waals surface area contributed by atoms with Gasteiger partial charge in [0.15, 0.2) is 5.13 Å². The molecule has 7 heteroatoms. The number of carbonyl (C=O) groups is 2. The summed E-state index contributed by atoms with van der Waals surface area (Å²) in [4.78, 5) is 32.6. The Morgan fingerprint density at radius 3 is 2.65 bits per heavy atom. The van der Waals surface area contributed by atoms with E-state index in [9.17, 15) is 9.59 Å². The Morgan fingerprint density at radius 2 is 2.00 bits per heavy atom. The van der Waals surface area contributed by atoms with E-state index in [1.165, 1.54) is 11.3 Å². The standard InChI is InChI=1S/C19H24N4O2S/c1-6-23(7-2)18(25)21-17-20-14(11-26-17)12-8-9-15-13(10-12)19(3,4)16(24)22(15)5/h8-11H,6-7H2,1-5H3,(H,20,21,25). The first kappa shape index (κ1) is 18.4. The van der Waals surface area contributed by atoms with Gasteiger partial charge in [0.1, 0.15) is 0 Å². The topological polar surface area (TPSA) is 65.5 Å². The van der Waals surface area contributed by atoms with Crippen LogP contribution >= 0.6 is 11.3 Å². The highest BCUT2D eigenvalue weighted by Crippen LogP contribution is 2.42.